The number of aryl methyl sites for hydroxylation is 1. The number of ether oxygens (including phenoxy) is 2. The third-order valence-electron chi connectivity index (χ3n) is 6.61. The molecule has 2 aliphatic carbocycles. The molecule has 0 spiro atoms. The molecule has 1 heterocycles. The van der Waals surface area contributed by atoms with Crippen molar-refractivity contribution in [2.75, 3.05) is 26.3 Å². The number of carbonyl (C=O) groups is 2. The number of esters is 2. The highest BCUT2D eigenvalue weighted by molar-refractivity contribution is 7.89. The monoisotopic (exact) mass is 459 g/mol. The molecule has 4 rings (SSSR count). The minimum Gasteiger partial charge on any atom is -0.465 e. The molecule has 8 heteroatoms. The Morgan fingerprint density at radius 3 is 2.19 bits per heavy atom. The van der Waals surface area contributed by atoms with Gasteiger partial charge in [-0.05, 0) is 51.7 Å². The van der Waals surface area contributed by atoms with Crippen LogP contribution in [0, 0.1) is 24.2 Å². The van der Waals surface area contributed by atoms with Gasteiger partial charge in [-0.15, -0.1) is 0 Å². The fourth-order valence-corrected chi connectivity index (χ4v) is 6.41. The lowest BCUT2D eigenvalue weighted by Gasteiger charge is -2.24. The van der Waals surface area contributed by atoms with E-state index in [1.807, 2.05) is 19.1 Å². The summed E-state index contributed by atoms with van der Waals surface area (Å²) in [5.41, 5.74) is 1.67. The number of sulfonamides is 1. The summed E-state index contributed by atoms with van der Waals surface area (Å²) in [6.07, 6.45) is 4.63. The first-order valence-electron chi connectivity index (χ1n) is 11.0. The number of fused-ring (bicyclic) bond motifs is 2. The Hall–Kier alpha value is -2.45. The second-order valence-electron chi connectivity index (χ2n) is 8.71. The van der Waals surface area contributed by atoms with Crippen LogP contribution in [0.3, 0.4) is 0 Å². The Balaban J connectivity index is 1.57. The number of hydrogen-bond acceptors (Lipinski definition) is 6. The topological polar surface area (TPSA) is 90.0 Å². The van der Waals surface area contributed by atoms with Gasteiger partial charge in [-0.1, -0.05) is 41.0 Å². The molecule has 0 unspecified atom stereocenters. The molecular formula is C24H29NO6S. The minimum atomic E-state index is -3.59. The smallest absolute Gasteiger partial charge is 0.323 e. The van der Waals surface area contributed by atoms with Crippen molar-refractivity contribution in [3.05, 3.63) is 53.1 Å². The zero-order valence-corrected chi connectivity index (χ0v) is 19.5. The normalized spacial score (nSPS) is 24.2. The van der Waals surface area contributed by atoms with Crippen LogP contribution < -0.4 is 0 Å². The van der Waals surface area contributed by atoms with Crippen LogP contribution in [0.4, 0.5) is 0 Å². The Morgan fingerprint density at radius 1 is 1.00 bits per heavy atom. The highest BCUT2D eigenvalue weighted by Gasteiger charge is 2.56. The second kappa shape index (κ2) is 8.48. The maximum atomic E-state index is 13.1. The third-order valence-corrected chi connectivity index (χ3v) is 8.43. The van der Waals surface area contributed by atoms with Gasteiger partial charge in [-0.3, -0.25) is 9.59 Å². The minimum absolute atomic E-state index is 0.0540. The van der Waals surface area contributed by atoms with E-state index in [0.29, 0.717) is 18.0 Å². The van der Waals surface area contributed by atoms with E-state index in [1.165, 1.54) is 4.31 Å². The molecule has 32 heavy (non-hydrogen) atoms. The van der Waals surface area contributed by atoms with Crippen LogP contribution in [-0.4, -0.2) is 51.0 Å². The van der Waals surface area contributed by atoms with Crippen LogP contribution in [0.5, 0.6) is 0 Å². The standard InChI is InChI=1S/C24H29NO6S/c1-4-30-22(26)24(23(27)31-5-2)12-17-10-19-14-25(15-20(19)11-18(17)13-24)32(28,29)21-8-6-16(3)7-9-21/h6-11,17,20H,4-5,12-15H2,1-3H3/t17-,20-/m1/s1. The van der Waals surface area contributed by atoms with Gasteiger partial charge in [0.25, 0.3) is 0 Å². The lowest BCUT2D eigenvalue weighted by atomic mass is 9.84. The van der Waals surface area contributed by atoms with Gasteiger partial charge in [0.05, 0.1) is 18.1 Å². The predicted octanol–water partition coefficient (Wildman–Crippen LogP) is 3.00. The van der Waals surface area contributed by atoms with Crippen molar-refractivity contribution in [3.63, 3.8) is 0 Å². The maximum absolute atomic E-state index is 13.1. The van der Waals surface area contributed by atoms with Gasteiger partial charge < -0.3 is 9.47 Å². The molecule has 3 aliphatic rings. The number of hydrogen-bond donors (Lipinski definition) is 0. The third kappa shape index (κ3) is 3.79. The average molecular weight is 460 g/mol. The van der Waals surface area contributed by atoms with Crippen LogP contribution >= 0.6 is 0 Å². The van der Waals surface area contributed by atoms with Gasteiger partial charge in [0.2, 0.25) is 10.0 Å². The molecule has 2 fully saturated rings. The molecule has 0 radical (unpaired) electrons. The van der Waals surface area contributed by atoms with Crippen molar-refractivity contribution in [1.82, 2.24) is 4.31 Å². The van der Waals surface area contributed by atoms with Gasteiger partial charge in [0, 0.05) is 19.0 Å². The molecule has 172 valence electrons. The fraction of sp³-hybridized carbons (Fsp3) is 0.500. The van der Waals surface area contributed by atoms with Gasteiger partial charge in [-0.25, -0.2) is 8.42 Å². The second-order valence-corrected chi connectivity index (χ2v) is 10.6. The zero-order chi connectivity index (χ0) is 23.1. The van der Waals surface area contributed by atoms with Crippen LogP contribution in [-0.2, 0) is 29.1 Å². The molecule has 1 aliphatic heterocycles. The summed E-state index contributed by atoms with van der Waals surface area (Å²) in [5.74, 6) is -1.24. The molecule has 0 aromatic heterocycles. The lowest BCUT2D eigenvalue weighted by molar-refractivity contribution is -0.171. The number of rotatable bonds is 6. The van der Waals surface area contributed by atoms with E-state index in [-0.39, 0.29) is 37.9 Å². The highest BCUT2D eigenvalue weighted by Crippen LogP contribution is 2.51. The van der Waals surface area contributed by atoms with E-state index in [0.717, 1.165) is 16.7 Å². The van der Waals surface area contributed by atoms with Gasteiger partial charge >= 0.3 is 11.9 Å². The first kappa shape index (κ1) is 22.7. The van der Waals surface area contributed by atoms with Crippen molar-refractivity contribution in [1.29, 1.82) is 0 Å². The Bertz CT molecular complexity index is 1070. The van der Waals surface area contributed by atoms with Crippen molar-refractivity contribution in [2.24, 2.45) is 17.3 Å². The van der Waals surface area contributed by atoms with E-state index in [9.17, 15) is 18.0 Å². The molecule has 1 saturated heterocycles. The number of nitrogens with zero attached hydrogens (tertiary/aromatic N) is 1. The summed E-state index contributed by atoms with van der Waals surface area (Å²) in [7, 11) is -3.59. The molecular weight excluding hydrogens is 430 g/mol. The van der Waals surface area contributed by atoms with Gasteiger partial charge in [0.15, 0.2) is 5.41 Å². The van der Waals surface area contributed by atoms with E-state index in [4.69, 9.17) is 9.47 Å². The first-order valence-corrected chi connectivity index (χ1v) is 12.5. The fourth-order valence-electron chi connectivity index (χ4n) is 4.96. The van der Waals surface area contributed by atoms with E-state index in [2.05, 4.69) is 0 Å². The van der Waals surface area contributed by atoms with E-state index >= 15 is 0 Å². The Labute approximate surface area is 189 Å². The summed E-state index contributed by atoms with van der Waals surface area (Å²) in [4.78, 5) is 25.8. The molecule has 0 amide bonds. The molecule has 1 aromatic carbocycles. The lowest BCUT2D eigenvalue weighted by Crippen LogP contribution is -2.40. The Morgan fingerprint density at radius 2 is 1.59 bits per heavy atom. The molecule has 0 N–H and O–H groups in total. The van der Waals surface area contributed by atoms with Crippen molar-refractivity contribution in [2.45, 2.75) is 38.5 Å². The molecule has 0 bridgehead atoms. The molecule has 7 nitrogen and oxygen atoms in total. The van der Waals surface area contributed by atoms with Gasteiger partial charge in [-0.2, -0.15) is 4.31 Å². The average Bonchev–Trinajstić information content (AvgIpc) is 3.34. The first-order chi connectivity index (χ1) is 15.2. The van der Waals surface area contributed by atoms with E-state index < -0.39 is 27.4 Å². The molecule has 1 aromatic rings. The number of benzene rings is 1. The van der Waals surface area contributed by atoms with Crippen molar-refractivity contribution in [3.8, 4) is 0 Å². The van der Waals surface area contributed by atoms with Gasteiger partial charge in [0.1, 0.15) is 0 Å². The summed E-state index contributed by atoms with van der Waals surface area (Å²) in [5, 5.41) is 0. The summed E-state index contributed by atoms with van der Waals surface area (Å²) in [6, 6.07) is 6.88. The summed E-state index contributed by atoms with van der Waals surface area (Å²) < 4.78 is 38.2. The number of allylic oxidation sites excluding steroid dienone is 2. The van der Waals surface area contributed by atoms with E-state index in [1.54, 1.807) is 38.1 Å². The maximum Gasteiger partial charge on any atom is 0.323 e. The number of carbonyl (C=O) groups excluding carboxylic acids is 2. The SMILES string of the molecule is CCOC(=O)C1(C(=O)OCC)CC2=C[C@@H]3CN(S(=O)(=O)c4ccc(C)cc4)CC3=C[C@@H]2C1. The van der Waals surface area contributed by atoms with Crippen LogP contribution in [0.25, 0.3) is 0 Å². The quantitative estimate of drug-likeness (QED) is 0.369. The van der Waals surface area contributed by atoms with Crippen LogP contribution in [0.2, 0.25) is 0 Å². The van der Waals surface area contributed by atoms with Crippen molar-refractivity contribution >= 4 is 22.0 Å². The summed E-state index contributed by atoms with van der Waals surface area (Å²) >= 11 is 0. The predicted molar refractivity (Wildman–Crippen MR) is 118 cm³/mol. The Kier molecular flexibility index (Phi) is 6.02. The van der Waals surface area contributed by atoms with Crippen molar-refractivity contribution < 1.29 is 27.5 Å². The molecule has 1 saturated carbocycles. The molecule has 2 atom stereocenters. The van der Waals surface area contributed by atoms with Crippen LogP contribution in [0.15, 0.2) is 52.5 Å². The summed E-state index contributed by atoms with van der Waals surface area (Å²) in [6.45, 7) is 6.40. The highest BCUT2D eigenvalue weighted by atomic mass is 32.2. The largest absolute Gasteiger partial charge is 0.465 e. The zero-order valence-electron chi connectivity index (χ0n) is 18.7. The van der Waals surface area contributed by atoms with Crippen LogP contribution in [0.1, 0.15) is 32.3 Å².